The molecule has 0 bridgehead atoms. The summed E-state index contributed by atoms with van der Waals surface area (Å²) in [6.07, 6.45) is 0. The van der Waals surface area contributed by atoms with E-state index in [1.54, 1.807) is 28.4 Å². The molecular formula is C14H16N2O2S. The number of H-pyrrole nitrogens is 1. The Hall–Kier alpha value is -1.88. The standard InChI is InChI=1S/C14H16N2O2S/c1-10(2)16(9-11-5-4-8-19-11)14(18)12-6-3-7-13(17)15-12/h3-8,10H,9H2,1-2H3,(H,15,17). The highest BCUT2D eigenvalue weighted by Gasteiger charge is 2.20. The van der Waals surface area contributed by atoms with Gasteiger partial charge in [-0.25, -0.2) is 0 Å². The second kappa shape index (κ2) is 5.84. The molecule has 0 aliphatic heterocycles. The van der Waals surface area contributed by atoms with Crippen LogP contribution in [-0.2, 0) is 6.54 Å². The molecule has 0 saturated carbocycles. The smallest absolute Gasteiger partial charge is 0.270 e. The van der Waals surface area contributed by atoms with Crippen LogP contribution in [0.1, 0.15) is 29.2 Å². The molecule has 0 saturated heterocycles. The summed E-state index contributed by atoms with van der Waals surface area (Å²) in [4.78, 5) is 29.2. The lowest BCUT2D eigenvalue weighted by atomic mass is 10.2. The van der Waals surface area contributed by atoms with Gasteiger partial charge in [0.15, 0.2) is 0 Å². The lowest BCUT2D eigenvalue weighted by Gasteiger charge is -2.26. The van der Waals surface area contributed by atoms with Crippen molar-refractivity contribution in [3.8, 4) is 0 Å². The lowest BCUT2D eigenvalue weighted by molar-refractivity contribution is 0.0686. The van der Waals surface area contributed by atoms with Crippen LogP contribution in [-0.4, -0.2) is 21.8 Å². The number of aromatic nitrogens is 1. The molecule has 0 spiro atoms. The third-order valence-corrected chi connectivity index (χ3v) is 3.65. The molecule has 0 aliphatic rings. The fraction of sp³-hybridized carbons (Fsp3) is 0.286. The van der Waals surface area contributed by atoms with Crippen molar-refractivity contribution in [2.45, 2.75) is 26.4 Å². The SMILES string of the molecule is CC(C)N(Cc1cccs1)C(=O)c1cccc(=O)[nH]1. The normalized spacial score (nSPS) is 10.7. The Morgan fingerprint density at radius 1 is 1.32 bits per heavy atom. The Balaban J connectivity index is 2.24. The van der Waals surface area contributed by atoms with Gasteiger partial charge in [-0.15, -0.1) is 11.3 Å². The quantitative estimate of drug-likeness (QED) is 0.932. The predicted molar refractivity (Wildman–Crippen MR) is 76.4 cm³/mol. The molecule has 4 nitrogen and oxygen atoms in total. The molecule has 2 heterocycles. The highest BCUT2D eigenvalue weighted by atomic mass is 32.1. The van der Waals surface area contributed by atoms with Crippen molar-refractivity contribution in [1.29, 1.82) is 0 Å². The van der Waals surface area contributed by atoms with Gasteiger partial charge in [-0.05, 0) is 31.4 Å². The number of rotatable bonds is 4. The molecule has 2 aromatic heterocycles. The van der Waals surface area contributed by atoms with E-state index < -0.39 is 0 Å². The average Bonchev–Trinajstić information content (AvgIpc) is 2.87. The molecule has 2 aromatic rings. The van der Waals surface area contributed by atoms with E-state index in [1.807, 2.05) is 31.4 Å². The van der Waals surface area contributed by atoms with Gasteiger partial charge in [-0.1, -0.05) is 12.1 Å². The van der Waals surface area contributed by atoms with E-state index in [2.05, 4.69) is 4.98 Å². The molecule has 2 rings (SSSR count). The maximum Gasteiger partial charge on any atom is 0.270 e. The Morgan fingerprint density at radius 3 is 2.68 bits per heavy atom. The molecule has 0 radical (unpaired) electrons. The van der Waals surface area contributed by atoms with Gasteiger partial charge in [0.25, 0.3) is 5.91 Å². The van der Waals surface area contributed by atoms with Crippen molar-refractivity contribution in [3.05, 3.63) is 56.6 Å². The van der Waals surface area contributed by atoms with Gasteiger partial charge in [-0.2, -0.15) is 0 Å². The molecular weight excluding hydrogens is 260 g/mol. The largest absolute Gasteiger partial charge is 0.330 e. The minimum absolute atomic E-state index is 0.0679. The summed E-state index contributed by atoms with van der Waals surface area (Å²) in [7, 11) is 0. The summed E-state index contributed by atoms with van der Waals surface area (Å²) in [5.41, 5.74) is 0.0726. The van der Waals surface area contributed by atoms with Crippen LogP contribution >= 0.6 is 11.3 Å². The van der Waals surface area contributed by atoms with E-state index in [4.69, 9.17) is 0 Å². The summed E-state index contributed by atoms with van der Waals surface area (Å²) >= 11 is 1.62. The molecule has 0 atom stereocenters. The van der Waals surface area contributed by atoms with Gasteiger partial charge in [-0.3, -0.25) is 9.59 Å². The molecule has 19 heavy (non-hydrogen) atoms. The average molecular weight is 276 g/mol. The summed E-state index contributed by atoms with van der Waals surface area (Å²) < 4.78 is 0. The highest BCUT2D eigenvalue weighted by Crippen LogP contribution is 2.15. The highest BCUT2D eigenvalue weighted by molar-refractivity contribution is 7.09. The van der Waals surface area contributed by atoms with Crippen LogP contribution in [0.5, 0.6) is 0 Å². The first-order valence-corrected chi connectivity index (χ1v) is 6.98. The Bertz CT molecular complexity index is 602. The van der Waals surface area contributed by atoms with Gasteiger partial charge in [0.2, 0.25) is 5.56 Å². The second-order valence-corrected chi connectivity index (χ2v) is 5.57. The van der Waals surface area contributed by atoms with Crippen LogP contribution in [0.4, 0.5) is 0 Å². The van der Waals surface area contributed by atoms with Gasteiger partial charge < -0.3 is 9.88 Å². The zero-order valence-electron chi connectivity index (χ0n) is 10.9. The minimum atomic E-state index is -0.259. The number of aromatic amines is 1. The third kappa shape index (κ3) is 3.32. The van der Waals surface area contributed by atoms with Crippen LogP contribution < -0.4 is 5.56 Å². The zero-order valence-corrected chi connectivity index (χ0v) is 11.7. The maximum atomic E-state index is 12.4. The molecule has 0 unspecified atom stereocenters. The Morgan fingerprint density at radius 2 is 2.11 bits per heavy atom. The molecule has 1 N–H and O–H groups in total. The summed E-state index contributed by atoms with van der Waals surface area (Å²) in [5.74, 6) is -0.152. The molecule has 0 aliphatic carbocycles. The number of nitrogens with one attached hydrogen (secondary N) is 1. The second-order valence-electron chi connectivity index (χ2n) is 4.53. The predicted octanol–water partition coefficient (Wildman–Crippen LogP) is 2.49. The van der Waals surface area contributed by atoms with Crippen LogP contribution in [0.3, 0.4) is 0 Å². The number of thiophene rings is 1. The summed E-state index contributed by atoms with van der Waals surface area (Å²) in [6.45, 7) is 4.49. The number of hydrogen-bond acceptors (Lipinski definition) is 3. The van der Waals surface area contributed by atoms with E-state index >= 15 is 0 Å². The first kappa shape index (κ1) is 13.5. The topological polar surface area (TPSA) is 53.2 Å². The van der Waals surface area contributed by atoms with Crippen molar-refractivity contribution < 1.29 is 4.79 Å². The molecule has 100 valence electrons. The van der Waals surface area contributed by atoms with Crippen LogP contribution in [0.15, 0.2) is 40.5 Å². The summed E-state index contributed by atoms with van der Waals surface area (Å²) in [5, 5.41) is 1.99. The monoisotopic (exact) mass is 276 g/mol. The van der Waals surface area contributed by atoms with Crippen LogP contribution in [0.25, 0.3) is 0 Å². The fourth-order valence-corrected chi connectivity index (χ4v) is 2.49. The van der Waals surface area contributed by atoms with E-state index in [0.717, 1.165) is 4.88 Å². The van der Waals surface area contributed by atoms with Crippen molar-refractivity contribution in [2.24, 2.45) is 0 Å². The number of carbonyl (C=O) groups excluding carboxylic acids is 1. The number of hydrogen-bond donors (Lipinski definition) is 1. The first-order chi connectivity index (χ1) is 9.08. The Labute approximate surface area is 115 Å². The van der Waals surface area contributed by atoms with E-state index in [9.17, 15) is 9.59 Å². The van der Waals surface area contributed by atoms with Gasteiger partial charge >= 0.3 is 0 Å². The number of pyridine rings is 1. The van der Waals surface area contributed by atoms with Crippen LogP contribution in [0.2, 0.25) is 0 Å². The molecule has 0 aromatic carbocycles. The number of carbonyl (C=O) groups is 1. The first-order valence-electron chi connectivity index (χ1n) is 6.10. The summed E-state index contributed by atoms with van der Waals surface area (Å²) in [6, 6.07) is 8.66. The van der Waals surface area contributed by atoms with Crippen molar-refractivity contribution >= 4 is 17.2 Å². The van der Waals surface area contributed by atoms with E-state index in [0.29, 0.717) is 12.2 Å². The Kier molecular flexibility index (Phi) is 4.16. The minimum Gasteiger partial charge on any atom is -0.330 e. The zero-order chi connectivity index (χ0) is 13.8. The molecule has 0 fully saturated rings. The van der Waals surface area contributed by atoms with Crippen molar-refractivity contribution in [3.63, 3.8) is 0 Å². The third-order valence-electron chi connectivity index (χ3n) is 2.79. The van der Waals surface area contributed by atoms with Gasteiger partial charge in [0.05, 0.1) is 6.54 Å². The van der Waals surface area contributed by atoms with E-state index in [-0.39, 0.29) is 17.5 Å². The fourth-order valence-electron chi connectivity index (χ4n) is 1.79. The lowest BCUT2D eigenvalue weighted by Crippen LogP contribution is -2.37. The van der Waals surface area contributed by atoms with Crippen molar-refractivity contribution in [2.75, 3.05) is 0 Å². The number of nitrogens with zero attached hydrogens (tertiary/aromatic N) is 1. The van der Waals surface area contributed by atoms with E-state index in [1.165, 1.54) is 6.07 Å². The maximum absolute atomic E-state index is 12.4. The number of amides is 1. The van der Waals surface area contributed by atoms with Gasteiger partial charge in [0, 0.05) is 17.0 Å². The van der Waals surface area contributed by atoms with Crippen molar-refractivity contribution in [1.82, 2.24) is 9.88 Å². The molecule has 5 heteroatoms. The van der Waals surface area contributed by atoms with Gasteiger partial charge in [0.1, 0.15) is 5.69 Å². The van der Waals surface area contributed by atoms with Crippen LogP contribution in [0, 0.1) is 0 Å². The molecule has 1 amide bonds.